The maximum absolute atomic E-state index is 12.8. The van der Waals surface area contributed by atoms with Gasteiger partial charge in [-0.1, -0.05) is 22.0 Å². The molecular weight excluding hydrogens is 391 g/mol. The molecule has 0 bridgehead atoms. The third-order valence-electron chi connectivity index (χ3n) is 2.99. The first-order chi connectivity index (χ1) is 11.4. The Morgan fingerprint density at radius 2 is 2.00 bits per heavy atom. The van der Waals surface area contributed by atoms with Gasteiger partial charge < -0.3 is 10.1 Å². The zero-order chi connectivity index (χ0) is 17.2. The number of benzene rings is 1. The zero-order valence-electron chi connectivity index (χ0n) is 12.1. The summed E-state index contributed by atoms with van der Waals surface area (Å²) in [6.07, 6.45) is -4.62. The molecule has 0 radical (unpaired) electrons. The van der Waals surface area contributed by atoms with Crippen molar-refractivity contribution in [1.29, 1.82) is 0 Å². The van der Waals surface area contributed by atoms with E-state index >= 15 is 0 Å². The predicted molar refractivity (Wildman–Crippen MR) is 83.9 cm³/mol. The Hall–Kier alpha value is -2.36. The van der Waals surface area contributed by atoms with Crippen LogP contribution >= 0.6 is 15.9 Å². The molecule has 0 saturated heterocycles. The molecule has 126 valence electrons. The van der Waals surface area contributed by atoms with E-state index in [1.807, 2.05) is 24.3 Å². The minimum Gasteiger partial charge on any atom is -0.492 e. The van der Waals surface area contributed by atoms with Crippen LogP contribution in [0.2, 0.25) is 0 Å². The third-order valence-corrected chi connectivity index (χ3v) is 3.48. The molecule has 0 saturated carbocycles. The van der Waals surface area contributed by atoms with E-state index in [9.17, 15) is 13.2 Å². The Balaban J connectivity index is 1.63. The first kappa shape index (κ1) is 16.5. The molecule has 0 unspecified atom stereocenters. The maximum Gasteiger partial charge on any atom is 0.453 e. The van der Waals surface area contributed by atoms with E-state index in [0.717, 1.165) is 4.47 Å². The molecule has 10 heteroatoms. The third kappa shape index (κ3) is 3.75. The summed E-state index contributed by atoms with van der Waals surface area (Å²) in [6, 6.07) is 10.3. The number of halogens is 4. The van der Waals surface area contributed by atoms with Gasteiger partial charge in [0.25, 0.3) is 5.82 Å². The van der Waals surface area contributed by atoms with Gasteiger partial charge in [-0.25, -0.2) is 0 Å². The highest BCUT2D eigenvalue weighted by Crippen LogP contribution is 2.27. The summed E-state index contributed by atoms with van der Waals surface area (Å²) in [6.45, 7) is 0.693. The van der Waals surface area contributed by atoms with Gasteiger partial charge in [0.1, 0.15) is 18.2 Å². The van der Waals surface area contributed by atoms with Crippen LogP contribution in [0.1, 0.15) is 5.82 Å². The largest absolute Gasteiger partial charge is 0.492 e. The second-order valence-corrected chi connectivity index (χ2v) is 5.66. The number of aromatic nitrogens is 4. The highest BCUT2D eigenvalue weighted by molar-refractivity contribution is 9.10. The fraction of sp³-hybridized carbons (Fsp3) is 0.214. The summed E-state index contributed by atoms with van der Waals surface area (Å²) in [5.74, 6) is -0.204. The molecule has 0 amide bonds. The average Bonchev–Trinajstić information content (AvgIpc) is 2.95. The standard InChI is InChI=1S/C14H11BrF3N5O/c15-9-2-1-3-10(8-9)24-7-6-19-11-4-5-12-20-21-13(14(16,17)18)23(12)22-11/h1-5,8H,6-7H2,(H,19,22). The van der Waals surface area contributed by atoms with Crippen molar-refractivity contribution in [3.8, 4) is 5.75 Å². The van der Waals surface area contributed by atoms with Gasteiger partial charge in [0.15, 0.2) is 5.65 Å². The summed E-state index contributed by atoms with van der Waals surface area (Å²) in [5.41, 5.74) is 0.0262. The predicted octanol–water partition coefficient (Wildman–Crippen LogP) is 3.40. The minimum absolute atomic E-state index is 0.0262. The Morgan fingerprint density at radius 3 is 2.75 bits per heavy atom. The molecule has 2 heterocycles. The van der Waals surface area contributed by atoms with E-state index in [1.54, 1.807) is 0 Å². The summed E-state index contributed by atoms with van der Waals surface area (Å²) >= 11 is 3.34. The fourth-order valence-electron chi connectivity index (χ4n) is 1.96. The molecule has 3 aromatic rings. The number of alkyl halides is 3. The second kappa shape index (κ2) is 6.63. The lowest BCUT2D eigenvalue weighted by atomic mass is 10.3. The molecular formula is C14H11BrF3N5O. The van der Waals surface area contributed by atoms with Gasteiger partial charge in [0, 0.05) is 4.47 Å². The summed E-state index contributed by atoms with van der Waals surface area (Å²) in [7, 11) is 0. The van der Waals surface area contributed by atoms with Crippen molar-refractivity contribution in [2.24, 2.45) is 0 Å². The molecule has 0 aliphatic rings. The van der Waals surface area contributed by atoms with Gasteiger partial charge in [-0.05, 0) is 30.3 Å². The molecule has 6 nitrogen and oxygen atoms in total. The van der Waals surface area contributed by atoms with Crippen LogP contribution in [-0.4, -0.2) is 33.0 Å². The van der Waals surface area contributed by atoms with Crippen LogP contribution in [0.15, 0.2) is 40.9 Å². The minimum atomic E-state index is -4.62. The number of hydrogen-bond acceptors (Lipinski definition) is 5. The molecule has 0 aliphatic carbocycles. The lowest BCUT2D eigenvalue weighted by Gasteiger charge is -2.09. The van der Waals surface area contributed by atoms with Crippen LogP contribution in [0.25, 0.3) is 5.65 Å². The van der Waals surface area contributed by atoms with Crippen LogP contribution in [0.3, 0.4) is 0 Å². The maximum atomic E-state index is 12.8. The highest BCUT2D eigenvalue weighted by atomic mass is 79.9. The number of ether oxygens (including phenoxy) is 1. The first-order valence-electron chi connectivity index (χ1n) is 6.85. The van der Waals surface area contributed by atoms with E-state index in [4.69, 9.17) is 4.74 Å². The Morgan fingerprint density at radius 1 is 1.17 bits per heavy atom. The Labute approximate surface area is 142 Å². The van der Waals surface area contributed by atoms with Gasteiger partial charge in [0.05, 0.1) is 6.54 Å². The second-order valence-electron chi connectivity index (χ2n) is 4.74. The topological polar surface area (TPSA) is 64.3 Å². The smallest absolute Gasteiger partial charge is 0.453 e. The van der Waals surface area contributed by atoms with Crippen molar-refractivity contribution in [3.05, 3.63) is 46.7 Å². The molecule has 0 atom stereocenters. The van der Waals surface area contributed by atoms with Crippen LogP contribution in [0.5, 0.6) is 5.75 Å². The van der Waals surface area contributed by atoms with Crippen molar-refractivity contribution < 1.29 is 17.9 Å². The van der Waals surface area contributed by atoms with Crippen LogP contribution in [0.4, 0.5) is 19.0 Å². The zero-order valence-corrected chi connectivity index (χ0v) is 13.7. The van der Waals surface area contributed by atoms with Crippen molar-refractivity contribution in [1.82, 2.24) is 19.8 Å². The quantitative estimate of drug-likeness (QED) is 0.663. The summed E-state index contributed by atoms with van der Waals surface area (Å²) in [4.78, 5) is 0. The SMILES string of the molecule is FC(F)(F)c1nnc2ccc(NCCOc3cccc(Br)c3)nn12. The van der Waals surface area contributed by atoms with Crippen molar-refractivity contribution in [2.75, 3.05) is 18.5 Å². The van der Waals surface area contributed by atoms with Gasteiger partial charge in [0.2, 0.25) is 0 Å². The van der Waals surface area contributed by atoms with Gasteiger partial charge in [-0.3, -0.25) is 0 Å². The number of nitrogens with zero attached hydrogens (tertiary/aromatic N) is 4. The van der Waals surface area contributed by atoms with Crippen molar-refractivity contribution >= 4 is 27.4 Å². The molecule has 2 aromatic heterocycles. The molecule has 0 spiro atoms. The molecule has 0 fully saturated rings. The lowest BCUT2D eigenvalue weighted by Crippen LogP contribution is -2.15. The number of anilines is 1. The van der Waals surface area contributed by atoms with Gasteiger partial charge in [-0.2, -0.15) is 17.7 Å². The first-order valence-corrected chi connectivity index (χ1v) is 7.65. The highest BCUT2D eigenvalue weighted by Gasteiger charge is 2.37. The van der Waals surface area contributed by atoms with Gasteiger partial charge >= 0.3 is 6.18 Å². The van der Waals surface area contributed by atoms with E-state index in [1.165, 1.54) is 12.1 Å². The van der Waals surface area contributed by atoms with Crippen molar-refractivity contribution in [2.45, 2.75) is 6.18 Å². The molecule has 0 aliphatic heterocycles. The van der Waals surface area contributed by atoms with Crippen LogP contribution < -0.4 is 10.1 Å². The van der Waals surface area contributed by atoms with E-state index in [0.29, 0.717) is 23.4 Å². The Bertz CT molecular complexity index is 852. The molecule has 3 rings (SSSR count). The Kier molecular flexibility index (Phi) is 4.56. The van der Waals surface area contributed by atoms with E-state index in [-0.39, 0.29) is 11.5 Å². The van der Waals surface area contributed by atoms with Gasteiger partial charge in [-0.15, -0.1) is 15.3 Å². The number of fused-ring (bicyclic) bond motifs is 1. The summed E-state index contributed by atoms with van der Waals surface area (Å²) < 4.78 is 45.5. The lowest BCUT2D eigenvalue weighted by molar-refractivity contribution is -0.146. The number of rotatable bonds is 5. The van der Waals surface area contributed by atoms with E-state index in [2.05, 4.69) is 36.5 Å². The van der Waals surface area contributed by atoms with Crippen LogP contribution in [-0.2, 0) is 6.18 Å². The molecule has 1 N–H and O–H groups in total. The number of hydrogen-bond donors (Lipinski definition) is 1. The van der Waals surface area contributed by atoms with Crippen molar-refractivity contribution in [3.63, 3.8) is 0 Å². The normalized spacial score (nSPS) is 11.7. The van der Waals surface area contributed by atoms with E-state index < -0.39 is 12.0 Å². The molecule has 1 aromatic carbocycles. The average molecular weight is 402 g/mol. The molecule has 24 heavy (non-hydrogen) atoms. The number of nitrogens with one attached hydrogen (secondary N) is 1. The summed E-state index contributed by atoms with van der Waals surface area (Å²) in [5, 5.41) is 13.3. The fourth-order valence-corrected chi connectivity index (χ4v) is 2.34. The monoisotopic (exact) mass is 401 g/mol. The van der Waals surface area contributed by atoms with Crippen LogP contribution in [0, 0.1) is 0 Å².